The smallest absolute Gasteiger partial charge is 0.311 e. The minimum atomic E-state index is -0.480. The summed E-state index contributed by atoms with van der Waals surface area (Å²) in [5, 5.41) is 0. The first-order chi connectivity index (χ1) is 12.7. The average Bonchev–Trinajstić information content (AvgIpc) is 2.91. The van der Waals surface area contributed by atoms with E-state index in [1.54, 1.807) is 0 Å². The highest BCUT2D eigenvalue weighted by Crippen LogP contribution is 2.47. The van der Waals surface area contributed by atoms with Crippen molar-refractivity contribution in [2.75, 3.05) is 26.5 Å². The summed E-state index contributed by atoms with van der Waals surface area (Å²) in [7, 11) is 0. The Labute approximate surface area is 167 Å². The first-order valence-electron chi connectivity index (χ1n) is 9.45. The van der Waals surface area contributed by atoms with Crippen LogP contribution in [0.5, 0.6) is 0 Å². The van der Waals surface area contributed by atoms with Crippen LogP contribution in [0.15, 0.2) is 24.3 Å². The van der Waals surface area contributed by atoms with Crippen molar-refractivity contribution in [3.63, 3.8) is 0 Å². The molecule has 1 aromatic rings. The Balaban J connectivity index is 1.83. The van der Waals surface area contributed by atoms with E-state index in [0.717, 1.165) is 22.8 Å². The normalized spacial score (nSPS) is 28.3. The molecule has 0 aliphatic carbocycles. The third kappa shape index (κ3) is 4.38. The van der Waals surface area contributed by atoms with E-state index < -0.39 is 6.67 Å². The van der Waals surface area contributed by atoms with Gasteiger partial charge in [0.05, 0.1) is 25.9 Å². The number of esters is 1. The lowest BCUT2D eigenvalue weighted by Crippen LogP contribution is -2.51. The fourth-order valence-corrected chi connectivity index (χ4v) is 4.96. The molecule has 3 rings (SSSR count). The van der Waals surface area contributed by atoms with Crippen LogP contribution in [-0.2, 0) is 9.53 Å². The molecule has 0 radical (unpaired) electrons. The van der Waals surface area contributed by atoms with Gasteiger partial charge in [0.1, 0.15) is 0 Å². The predicted octanol–water partition coefficient (Wildman–Crippen LogP) is 4.49. The van der Waals surface area contributed by atoms with E-state index in [1.807, 2.05) is 0 Å². The lowest BCUT2D eigenvalue weighted by Gasteiger charge is -2.43. The molecule has 2 heterocycles. The minimum absolute atomic E-state index is 0.0995. The maximum Gasteiger partial charge on any atom is 0.311 e. The summed E-state index contributed by atoms with van der Waals surface area (Å²) in [6, 6.07) is 8.85. The number of alkyl halides is 2. The van der Waals surface area contributed by atoms with Crippen molar-refractivity contribution in [1.29, 1.82) is 0 Å². The molecule has 2 aliphatic heterocycles. The van der Waals surface area contributed by atoms with Gasteiger partial charge in [-0.3, -0.25) is 18.5 Å². The average molecular weight is 477 g/mol. The molecule has 26 heavy (non-hydrogen) atoms. The molecule has 0 N–H and O–H groups in total. The zero-order valence-corrected chi connectivity index (χ0v) is 17.0. The SMILES string of the molecule is O=C(OCCCF)C1C2CC[C@H](C[C@@H]1c1ccc(I)cc1)N2CCCF. The fourth-order valence-electron chi connectivity index (χ4n) is 4.60. The number of halogens is 3. The van der Waals surface area contributed by atoms with E-state index in [4.69, 9.17) is 4.74 Å². The van der Waals surface area contributed by atoms with Gasteiger partial charge in [-0.05, 0) is 66.0 Å². The molecular weight excluding hydrogens is 451 g/mol. The van der Waals surface area contributed by atoms with Gasteiger partial charge in [-0.2, -0.15) is 0 Å². The van der Waals surface area contributed by atoms with Crippen LogP contribution >= 0.6 is 22.6 Å². The maximum atomic E-state index is 12.9. The summed E-state index contributed by atoms with van der Waals surface area (Å²) >= 11 is 2.28. The number of carbonyl (C=O) groups excluding carboxylic acids is 1. The summed E-state index contributed by atoms with van der Waals surface area (Å²) in [5.74, 6) is -0.366. The molecule has 2 aliphatic rings. The monoisotopic (exact) mass is 477 g/mol. The number of rotatable bonds is 8. The summed E-state index contributed by atoms with van der Waals surface area (Å²) in [6.45, 7) is 0.0140. The van der Waals surface area contributed by atoms with Gasteiger partial charge in [-0.15, -0.1) is 0 Å². The number of benzene rings is 1. The zero-order chi connectivity index (χ0) is 18.5. The topological polar surface area (TPSA) is 29.5 Å². The van der Waals surface area contributed by atoms with Gasteiger partial charge < -0.3 is 4.74 Å². The van der Waals surface area contributed by atoms with E-state index in [0.29, 0.717) is 19.0 Å². The van der Waals surface area contributed by atoms with E-state index in [9.17, 15) is 13.6 Å². The molecule has 6 heteroatoms. The summed E-state index contributed by atoms with van der Waals surface area (Å²) in [6.07, 6.45) is 3.63. The molecule has 2 unspecified atom stereocenters. The molecule has 2 saturated heterocycles. The van der Waals surface area contributed by atoms with Crippen molar-refractivity contribution < 1.29 is 18.3 Å². The van der Waals surface area contributed by atoms with Crippen molar-refractivity contribution in [3.8, 4) is 0 Å². The van der Waals surface area contributed by atoms with Gasteiger partial charge >= 0.3 is 5.97 Å². The first-order valence-corrected chi connectivity index (χ1v) is 10.5. The molecule has 144 valence electrons. The Bertz CT molecular complexity index is 598. The van der Waals surface area contributed by atoms with Gasteiger partial charge in [-0.1, -0.05) is 12.1 Å². The van der Waals surface area contributed by atoms with Crippen LogP contribution < -0.4 is 0 Å². The van der Waals surface area contributed by atoms with Gasteiger partial charge in [-0.25, -0.2) is 0 Å². The van der Waals surface area contributed by atoms with Crippen LogP contribution in [0.2, 0.25) is 0 Å². The standard InChI is InChI=1S/C20H26F2INO2/c21-9-1-11-24-16-7-8-18(24)19(20(25)26-12-2-10-22)17(13-16)14-3-5-15(23)6-4-14/h3-6,16-19H,1-2,7-13H2/t16-,17-,18?,19?/m1/s1. The zero-order valence-electron chi connectivity index (χ0n) is 14.9. The van der Waals surface area contributed by atoms with Crippen molar-refractivity contribution in [3.05, 3.63) is 33.4 Å². The van der Waals surface area contributed by atoms with Crippen molar-refractivity contribution in [2.45, 2.75) is 50.1 Å². The quantitative estimate of drug-likeness (QED) is 0.314. The largest absolute Gasteiger partial charge is 0.465 e. The van der Waals surface area contributed by atoms with Gasteiger partial charge in [0.25, 0.3) is 0 Å². The molecule has 0 aromatic heterocycles. The van der Waals surface area contributed by atoms with Crippen LogP contribution in [0.3, 0.4) is 0 Å². The van der Waals surface area contributed by atoms with Crippen LogP contribution in [0, 0.1) is 9.49 Å². The highest BCUT2D eigenvalue weighted by molar-refractivity contribution is 14.1. The molecular formula is C20H26F2INO2. The Morgan fingerprint density at radius 3 is 2.58 bits per heavy atom. The van der Waals surface area contributed by atoms with Crippen molar-refractivity contribution >= 4 is 28.6 Å². The van der Waals surface area contributed by atoms with E-state index in [-0.39, 0.29) is 43.5 Å². The number of piperidine rings is 1. The predicted molar refractivity (Wildman–Crippen MR) is 106 cm³/mol. The Kier molecular flexibility index (Phi) is 7.26. The molecule has 1 aromatic carbocycles. The number of carbonyl (C=O) groups is 1. The number of hydrogen-bond donors (Lipinski definition) is 0. The van der Waals surface area contributed by atoms with Crippen LogP contribution in [0.1, 0.15) is 43.6 Å². The first kappa shape index (κ1) is 20.0. The Hall–Kier alpha value is -0.760. The third-order valence-corrected chi connectivity index (χ3v) is 6.43. The highest BCUT2D eigenvalue weighted by atomic mass is 127. The molecule has 0 saturated carbocycles. The molecule has 0 amide bonds. The molecule has 3 nitrogen and oxygen atoms in total. The third-order valence-electron chi connectivity index (χ3n) is 5.71. The van der Waals surface area contributed by atoms with Gasteiger partial charge in [0.15, 0.2) is 0 Å². The lowest BCUT2D eigenvalue weighted by atomic mass is 9.76. The van der Waals surface area contributed by atoms with Crippen molar-refractivity contribution in [1.82, 2.24) is 4.90 Å². The summed E-state index contributed by atoms with van der Waals surface area (Å²) in [4.78, 5) is 15.2. The van der Waals surface area contributed by atoms with Crippen LogP contribution in [-0.4, -0.2) is 49.5 Å². The fraction of sp³-hybridized carbons (Fsp3) is 0.650. The molecule has 2 fully saturated rings. The molecule has 2 bridgehead atoms. The minimum Gasteiger partial charge on any atom is -0.465 e. The summed E-state index contributed by atoms with van der Waals surface area (Å²) in [5.41, 5.74) is 1.17. The number of ether oxygens (including phenoxy) is 1. The molecule has 0 spiro atoms. The second kappa shape index (κ2) is 9.44. The summed E-state index contributed by atoms with van der Waals surface area (Å²) < 4.78 is 31.7. The molecule has 4 atom stereocenters. The Morgan fingerprint density at radius 1 is 1.15 bits per heavy atom. The van der Waals surface area contributed by atoms with Gasteiger partial charge in [0.2, 0.25) is 0 Å². The van der Waals surface area contributed by atoms with Crippen LogP contribution in [0.25, 0.3) is 0 Å². The van der Waals surface area contributed by atoms with E-state index >= 15 is 0 Å². The second-order valence-electron chi connectivity index (χ2n) is 7.21. The number of fused-ring (bicyclic) bond motifs is 2. The number of nitrogens with zero attached hydrogens (tertiary/aromatic N) is 1. The van der Waals surface area contributed by atoms with Gasteiger partial charge in [0, 0.05) is 34.5 Å². The maximum absolute atomic E-state index is 12.9. The Morgan fingerprint density at radius 2 is 1.88 bits per heavy atom. The van der Waals surface area contributed by atoms with E-state index in [2.05, 4.69) is 51.8 Å². The van der Waals surface area contributed by atoms with Crippen LogP contribution in [0.4, 0.5) is 8.78 Å². The number of hydrogen-bond acceptors (Lipinski definition) is 3. The second-order valence-corrected chi connectivity index (χ2v) is 8.45. The highest BCUT2D eigenvalue weighted by Gasteiger charge is 2.50. The lowest BCUT2D eigenvalue weighted by molar-refractivity contribution is -0.154. The van der Waals surface area contributed by atoms with E-state index in [1.165, 1.54) is 5.56 Å². The van der Waals surface area contributed by atoms with Crippen molar-refractivity contribution in [2.24, 2.45) is 5.92 Å².